The number of diazo groups is 1. The highest BCUT2D eigenvalue weighted by molar-refractivity contribution is 7.79. The van der Waals surface area contributed by atoms with Crippen LogP contribution in [-0.4, -0.2) is 17.5 Å². The van der Waals surface area contributed by atoms with Gasteiger partial charge in [0.15, 0.2) is 4.98 Å². The molecule has 0 unspecified atom stereocenters. The van der Waals surface area contributed by atoms with Crippen LogP contribution in [0, 0.1) is 11.2 Å². The standard InChI is InChI=1S/C6H4FN2.H2O4S/c7-5-1-3-6(9-8)4-2-5;1-5(2,3)4/h1-4H;(H2,1,2,3,4)/q+1;/p-1. The first-order chi connectivity index (χ1) is 6.33. The number of rotatable bonds is 0. The van der Waals surface area contributed by atoms with Crippen molar-refractivity contribution in [2.24, 2.45) is 0 Å². The smallest absolute Gasteiger partial charge is 0.385 e. The van der Waals surface area contributed by atoms with Crippen molar-refractivity contribution >= 4 is 16.1 Å². The Morgan fingerprint density at radius 3 is 2.00 bits per heavy atom. The highest BCUT2D eigenvalue weighted by Crippen LogP contribution is 2.10. The topological polar surface area (TPSA) is 106 Å². The van der Waals surface area contributed by atoms with E-state index in [1.807, 2.05) is 0 Å². The van der Waals surface area contributed by atoms with Gasteiger partial charge in [-0.1, -0.05) is 0 Å². The van der Waals surface area contributed by atoms with Crippen molar-refractivity contribution < 1.29 is 21.9 Å². The molecule has 76 valence electrons. The summed E-state index contributed by atoms with van der Waals surface area (Å²) in [5, 5.41) is 8.13. The largest absolute Gasteiger partial charge is 0.726 e. The molecule has 0 aliphatic heterocycles. The Kier molecular flexibility index (Phi) is 4.65. The second-order valence-electron chi connectivity index (χ2n) is 2.00. The van der Waals surface area contributed by atoms with Gasteiger partial charge in [-0.15, -0.1) is 0 Å². The number of nitrogens with zero attached hydrogens (tertiary/aromatic N) is 2. The summed E-state index contributed by atoms with van der Waals surface area (Å²) in [5.41, 5.74) is 0.358. The number of halogens is 1. The van der Waals surface area contributed by atoms with Crippen LogP contribution in [0.3, 0.4) is 0 Å². The van der Waals surface area contributed by atoms with Crippen LogP contribution in [-0.2, 0) is 10.4 Å². The Morgan fingerprint density at radius 2 is 1.71 bits per heavy atom. The molecule has 0 heterocycles. The van der Waals surface area contributed by atoms with Crippen LogP contribution in [0.2, 0.25) is 0 Å². The van der Waals surface area contributed by atoms with Gasteiger partial charge in [0, 0.05) is 12.1 Å². The summed E-state index contributed by atoms with van der Waals surface area (Å²) in [5.74, 6) is -0.331. The van der Waals surface area contributed by atoms with E-state index in [1.54, 1.807) is 0 Å². The maximum Gasteiger partial charge on any atom is 0.385 e. The first-order valence-electron chi connectivity index (χ1n) is 3.12. The van der Waals surface area contributed by atoms with E-state index in [0.29, 0.717) is 5.69 Å². The summed E-state index contributed by atoms with van der Waals surface area (Å²) in [6, 6.07) is 5.23. The molecular formula is C6H5FN2O4S. The van der Waals surface area contributed by atoms with E-state index in [4.69, 9.17) is 22.9 Å². The second-order valence-corrected chi connectivity index (χ2v) is 2.86. The minimum Gasteiger partial charge on any atom is -0.726 e. The van der Waals surface area contributed by atoms with Crippen molar-refractivity contribution in [1.82, 2.24) is 0 Å². The monoisotopic (exact) mass is 220 g/mol. The van der Waals surface area contributed by atoms with E-state index in [9.17, 15) is 4.39 Å². The van der Waals surface area contributed by atoms with Gasteiger partial charge in [0.05, 0.1) is 0 Å². The summed E-state index contributed by atoms with van der Waals surface area (Å²) >= 11 is 0. The fourth-order valence-corrected chi connectivity index (χ4v) is 0.508. The molecule has 6 nitrogen and oxygen atoms in total. The molecular weight excluding hydrogens is 215 g/mol. The third kappa shape index (κ3) is 8.54. The molecule has 0 saturated heterocycles. The first-order valence-corrected chi connectivity index (χ1v) is 4.48. The quantitative estimate of drug-likeness (QED) is 0.403. The lowest BCUT2D eigenvalue weighted by molar-refractivity contribution is 0.366. The van der Waals surface area contributed by atoms with Crippen molar-refractivity contribution in [2.75, 3.05) is 0 Å². The zero-order chi connectivity index (χ0) is 11.2. The van der Waals surface area contributed by atoms with E-state index in [-0.39, 0.29) is 5.82 Å². The fourth-order valence-electron chi connectivity index (χ4n) is 0.508. The van der Waals surface area contributed by atoms with Crippen LogP contribution in [0.1, 0.15) is 0 Å². The van der Waals surface area contributed by atoms with Crippen molar-refractivity contribution in [3.8, 4) is 0 Å². The molecule has 0 bridgehead atoms. The van der Waals surface area contributed by atoms with Crippen LogP contribution in [0.4, 0.5) is 10.1 Å². The molecule has 1 aromatic rings. The van der Waals surface area contributed by atoms with Crippen LogP contribution in [0.5, 0.6) is 0 Å². The third-order valence-electron chi connectivity index (χ3n) is 0.942. The van der Waals surface area contributed by atoms with E-state index >= 15 is 0 Å². The van der Waals surface area contributed by atoms with Gasteiger partial charge >= 0.3 is 5.69 Å². The summed E-state index contributed by atoms with van der Waals surface area (Å²) in [6.07, 6.45) is 0. The SMILES string of the molecule is N#[N+]c1ccc(F)cc1.O=S(=O)([O-])O. The van der Waals surface area contributed by atoms with E-state index < -0.39 is 10.4 Å². The van der Waals surface area contributed by atoms with Gasteiger partial charge in [-0.3, -0.25) is 4.55 Å². The maximum atomic E-state index is 12.1. The Morgan fingerprint density at radius 1 is 1.36 bits per heavy atom. The van der Waals surface area contributed by atoms with Gasteiger partial charge in [-0.05, 0) is 12.1 Å². The van der Waals surface area contributed by atoms with E-state index in [0.717, 1.165) is 0 Å². The molecule has 0 aliphatic carbocycles. The Hall–Kier alpha value is -1.56. The molecule has 0 atom stereocenters. The molecule has 0 radical (unpaired) electrons. The number of hydrogen-bond acceptors (Lipinski definition) is 4. The lowest BCUT2D eigenvalue weighted by atomic mass is 10.3. The van der Waals surface area contributed by atoms with Crippen molar-refractivity contribution in [1.29, 1.82) is 5.39 Å². The van der Waals surface area contributed by atoms with Gasteiger partial charge < -0.3 is 4.55 Å². The zero-order valence-corrected chi connectivity index (χ0v) is 7.48. The predicted molar refractivity (Wildman–Crippen MR) is 43.5 cm³/mol. The van der Waals surface area contributed by atoms with Crippen LogP contribution < -0.4 is 0 Å². The molecule has 1 N–H and O–H groups in total. The Labute approximate surface area is 79.2 Å². The minimum atomic E-state index is -4.92. The normalized spacial score (nSPS) is 9.57. The van der Waals surface area contributed by atoms with Crippen LogP contribution in [0.25, 0.3) is 4.98 Å². The van der Waals surface area contributed by atoms with Gasteiger partial charge in [0.1, 0.15) is 5.82 Å². The summed E-state index contributed by atoms with van der Waals surface area (Å²) in [4.78, 5) is 2.84. The molecule has 0 saturated carbocycles. The highest BCUT2D eigenvalue weighted by Gasteiger charge is 2.00. The summed E-state index contributed by atoms with van der Waals surface area (Å²) in [7, 11) is -4.92. The predicted octanol–water partition coefficient (Wildman–Crippen LogP) is 1.31. The van der Waals surface area contributed by atoms with Gasteiger partial charge in [0.2, 0.25) is 15.8 Å². The Balaban J connectivity index is 0.000000292. The molecule has 0 amide bonds. The molecule has 8 heteroatoms. The molecule has 0 spiro atoms. The van der Waals surface area contributed by atoms with Gasteiger partial charge in [-0.2, -0.15) is 0 Å². The lowest BCUT2D eigenvalue weighted by Gasteiger charge is -1.88. The maximum absolute atomic E-state index is 12.1. The van der Waals surface area contributed by atoms with E-state index in [1.165, 1.54) is 24.3 Å². The van der Waals surface area contributed by atoms with Gasteiger partial charge in [-0.25, -0.2) is 12.8 Å². The zero-order valence-electron chi connectivity index (χ0n) is 6.66. The molecule has 0 aliphatic rings. The van der Waals surface area contributed by atoms with Gasteiger partial charge in [0.25, 0.3) is 0 Å². The molecule has 0 aromatic heterocycles. The summed E-state index contributed by atoms with van der Waals surface area (Å²) in [6.45, 7) is 0. The number of benzene rings is 1. The van der Waals surface area contributed by atoms with Crippen molar-refractivity contribution in [2.45, 2.75) is 0 Å². The Bertz CT molecular complexity index is 414. The third-order valence-corrected chi connectivity index (χ3v) is 0.942. The summed E-state index contributed by atoms with van der Waals surface area (Å²) < 4.78 is 44.9. The molecule has 0 fully saturated rings. The number of hydrogen-bond donors (Lipinski definition) is 1. The first kappa shape index (κ1) is 12.4. The average Bonchev–Trinajstić information content (AvgIpc) is 2.03. The molecule has 1 rings (SSSR count). The highest BCUT2D eigenvalue weighted by atomic mass is 32.3. The van der Waals surface area contributed by atoms with Crippen molar-refractivity contribution in [3.05, 3.63) is 35.1 Å². The van der Waals surface area contributed by atoms with Crippen molar-refractivity contribution in [3.63, 3.8) is 0 Å². The molecule has 1 aromatic carbocycles. The van der Waals surface area contributed by atoms with Crippen LogP contribution in [0.15, 0.2) is 24.3 Å². The fraction of sp³-hybridized carbons (Fsp3) is 0. The average molecular weight is 220 g/mol. The van der Waals surface area contributed by atoms with Crippen LogP contribution >= 0.6 is 0 Å². The molecule has 14 heavy (non-hydrogen) atoms. The second kappa shape index (κ2) is 5.23. The van der Waals surface area contributed by atoms with E-state index in [2.05, 4.69) is 4.98 Å². The minimum absolute atomic E-state index is 0.331. The lowest BCUT2D eigenvalue weighted by Crippen LogP contribution is -1.90.